The highest BCUT2D eigenvalue weighted by Crippen LogP contribution is 2.55. The second-order valence-electron chi connectivity index (χ2n) is 8.73. The number of hydrogen-bond donors (Lipinski definition) is 0. The van der Waals surface area contributed by atoms with Crippen LogP contribution in [0.2, 0.25) is 0 Å². The molecule has 1 amide bonds. The highest BCUT2D eigenvalue weighted by atomic mass is 19.1. The molecule has 2 fully saturated rings. The summed E-state index contributed by atoms with van der Waals surface area (Å²) in [5.74, 6) is -0.343. The lowest BCUT2D eigenvalue weighted by Crippen LogP contribution is -2.47. The van der Waals surface area contributed by atoms with Gasteiger partial charge >= 0.3 is 0 Å². The lowest BCUT2D eigenvalue weighted by molar-refractivity contribution is -0.134. The number of anilines is 1. The largest absolute Gasteiger partial charge is 0.309 e. The number of carbonyl (C=O) groups excluding carboxylic acids is 2. The molecule has 1 aromatic carbocycles. The number of amides is 1. The lowest BCUT2D eigenvalue weighted by Gasteiger charge is -2.41. The van der Waals surface area contributed by atoms with Gasteiger partial charge in [0.1, 0.15) is 23.0 Å². The Morgan fingerprint density at radius 1 is 1.27 bits per heavy atom. The minimum Gasteiger partial charge on any atom is -0.309 e. The second kappa shape index (κ2) is 7.52. The van der Waals surface area contributed by atoms with Crippen molar-refractivity contribution in [3.05, 3.63) is 53.9 Å². The molecule has 30 heavy (non-hydrogen) atoms. The third kappa shape index (κ3) is 3.50. The van der Waals surface area contributed by atoms with E-state index >= 15 is 4.39 Å². The van der Waals surface area contributed by atoms with E-state index in [1.54, 1.807) is 19.2 Å². The Morgan fingerprint density at radius 3 is 2.70 bits per heavy atom. The summed E-state index contributed by atoms with van der Waals surface area (Å²) in [4.78, 5) is 35.8. The average molecular weight is 413 g/mol. The smallest absolute Gasteiger partial charge is 0.236 e. The van der Waals surface area contributed by atoms with Crippen LogP contribution < -0.4 is 4.90 Å². The van der Waals surface area contributed by atoms with Gasteiger partial charge in [-0.1, -0.05) is 6.42 Å². The summed E-state index contributed by atoms with van der Waals surface area (Å²) in [5, 5.41) is 0. The van der Waals surface area contributed by atoms with Crippen LogP contribution in [-0.4, -0.2) is 33.9 Å². The SMILES string of the molecule is Cc1nccc(C(=O)CC2CCCC3(C2)C(=O)N(c2ccc(F)cc2)CC3(C)F)n1. The molecule has 1 saturated heterocycles. The zero-order chi connectivity index (χ0) is 21.5. The predicted molar refractivity (Wildman–Crippen MR) is 108 cm³/mol. The van der Waals surface area contributed by atoms with Gasteiger partial charge in [-0.3, -0.25) is 9.59 Å². The van der Waals surface area contributed by atoms with Gasteiger partial charge in [-0.05, 0) is 69.4 Å². The molecule has 1 spiro atoms. The normalized spacial score (nSPS) is 28.9. The fraction of sp³-hybridized carbons (Fsp3) is 0.478. The Balaban J connectivity index is 1.56. The van der Waals surface area contributed by atoms with Crippen LogP contribution in [0.3, 0.4) is 0 Å². The van der Waals surface area contributed by atoms with Crippen molar-refractivity contribution in [2.75, 3.05) is 11.4 Å². The molecule has 4 rings (SSSR count). The molecule has 1 saturated carbocycles. The van der Waals surface area contributed by atoms with Crippen molar-refractivity contribution in [1.82, 2.24) is 9.97 Å². The number of hydrogen-bond acceptors (Lipinski definition) is 4. The molecule has 1 aliphatic carbocycles. The monoisotopic (exact) mass is 413 g/mol. The first-order valence-electron chi connectivity index (χ1n) is 10.3. The van der Waals surface area contributed by atoms with Crippen LogP contribution in [0.5, 0.6) is 0 Å². The van der Waals surface area contributed by atoms with Gasteiger partial charge in [0.2, 0.25) is 5.91 Å². The summed E-state index contributed by atoms with van der Waals surface area (Å²) in [7, 11) is 0. The standard InChI is InChI=1S/C23H25F2N3O2/c1-15-26-11-9-19(27-15)20(29)12-16-4-3-10-23(13-16)21(30)28(14-22(23,2)25)18-7-5-17(24)6-8-18/h5-9,11,16H,3-4,10,12-14H2,1-2H3. The fourth-order valence-electron chi connectivity index (χ4n) is 5.04. The number of Topliss-reactive ketones (excluding diaryl/α,β-unsaturated/α-hetero) is 1. The van der Waals surface area contributed by atoms with Crippen LogP contribution in [0.1, 0.15) is 55.3 Å². The predicted octanol–water partition coefficient (Wildman–Crippen LogP) is 4.45. The van der Waals surface area contributed by atoms with Gasteiger partial charge in [-0.15, -0.1) is 0 Å². The number of rotatable bonds is 4. The fourth-order valence-corrected chi connectivity index (χ4v) is 5.04. The maximum Gasteiger partial charge on any atom is 0.236 e. The van der Waals surface area contributed by atoms with Crippen molar-refractivity contribution in [3.8, 4) is 0 Å². The summed E-state index contributed by atoms with van der Waals surface area (Å²) in [5.41, 5.74) is -2.04. The quantitative estimate of drug-likeness (QED) is 0.695. The van der Waals surface area contributed by atoms with E-state index in [4.69, 9.17) is 0 Å². The molecule has 158 valence electrons. The molecule has 0 bridgehead atoms. The molecule has 2 aromatic rings. The molecular formula is C23H25F2N3O2. The van der Waals surface area contributed by atoms with Crippen molar-refractivity contribution in [2.45, 2.75) is 51.6 Å². The summed E-state index contributed by atoms with van der Waals surface area (Å²) < 4.78 is 29.2. The zero-order valence-electron chi connectivity index (χ0n) is 17.2. The topological polar surface area (TPSA) is 63.2 Å². The van der Waals surface area contributed by atoms with Crippen LogP contribution in [0.4, 0.5) is 14.5 Å². The van der Waals surface area contributed by atoms with E-state index < -0.39 is 16.9 Å². The van der Waals surface area contributed by atoms with Crippen LogP contribution >= 0.6 is 0 Å². The van der Waals surface area contributed by atoms with Gasteiger partial charge in [0.25, 0.3) is 0 Å². The first-order valence-corrected chi connectivity index (χ1v) is 10.3. The second-order valence-corrected chi connectivity index (χ2v) is 8.73. The van der Waals surface area contributed by atoms with Crippen molar-refractivity contribution < 1.29 is 18.4 Å². The number of aryl methyl sites for hydroxylation is 1. The van der Waals surface area contributed by atoms with Gasteiger partial charge in [-0.2, -0.15) is 0 Å². The molecule has 0 N–H and O–H groups in total. The Bertz CT molecular complexity index is 977. The third-order valence-electron chi connectivity index (χ3n) is 6.63. The van der Waals surface area contributed by atoms with E-state index in [2.05, 4.69) is 9.97 Å². The van der Waals surface area contributed by atoms with Crippen LogP contribution in [0, 0.1) is 24.1 Å². The molecule has 2 heterocycles. The van der Waals surface area contributed by atoms with Gasteiger partial charge < -0.3 is 4.90 Å². The Labute approximate surface area is 174 Å². The van der Waals surface area contributed by atoms with Gasteiger partial charge in [-0.25, -0.2) is 18.7 Å². The lowest BCUT2D eigenvalue weighted by atomic mass is 9.62. The molecule has 1 aromatic heterocycles. The Hall–Kier alpha value is -2.70. The van der Waals surface area contributed by atoms with E-state index in [0.717, 1.165) is 6.42 Å². The number of benzene rings is 1. The summed E-state index contributed by atoms with van der Waals surface area (Å²) in [6, 6.07) is 7.14. The highest BCUT2D eigenvalue weighted by molar-refractivity contribution is 6.01. The molecule has 3 atom stereocenters. The number of alkyl halides is 1. The highest BCUT2D eigenvalue weighted by Gasteiger charge is 2.63. The van der Waals surface area contributed by atoms with E-state index in [0.29, 0.717) is 36.5 Å². The zero-order valence-corrected chi connectivity index (χ0v) is 17.2. The van der Waals surface area contributed by atoms with E-state index in [-0.39, 0.29) is 30.6 Å². The minimum atomic E-state index is -1.73. The van der Waals surface area contributed by atoms with Crippen molar-refractivity contribution >= 4 is 17.4 Å². The van der Waals surface area contributed by atoms with Gasteiger partial charge in [0, 0.05) is 18.3 Å². The first kappa shape index (κ1) is 20.6. The molecule has 7 heteroatoms. The maximum atomic E-state index is 15.9. The number of aromatic nitrogens is 2. The molecule has 0 radical (unpaired) electrons. The number of carbonyl (C=O) groups is 2. The van der Waals surface area contributed by atoms with Gasteiger partial charge in [0.15, 0.2) is 5.78 Å². The number of ketones is 1. The molecular weight excluding hydrogens is 388 g/mol. The van der Waals surface area contributed by atoms with E-state index in [1.165, 1.54) is 36.1 Å². The molecule has 1 aliphatic heterocycles. The maximum absolute atomic E-state index is 15.9. The third-order valence-corrected chi connectivity index (χ3v) is 6.63. The average Bonchev–Trinajstić information content (AvgIpc) is 2.89. The van der Waals surface area contributed by atoms with Crippen LogP contribution in [0.25, 0.3) is 0 Å². The first-order chi connectivity index (χ1) is 14.2. The van der Waals surface area contributed by atoms with Crippen LogP contribution in [0.15, 0.2) is 36.5 Å². The van der Waals surface area contributed by atoms with Crippen molar-refractivity contribution in [3.63, 3.8) is 0 Å². The molecule has 2 aliphatic rings. The van der Waals surface area contributed by atoms with E-state index in [9.17, 15) is 14.0 Å². The minimum absolute atomic E-state index is 0.0662. The molecule has 3 unspecified atom stereocenters. The van der Waals surface area contributed by atoms with Crippen molar-refractivity contribution in [1.29, 1.82) is 0 Å². The Kier molecular flexibility index (Phi) is 5.16. The van der Waals surface area contributed by atoms with E-state index in [1.807, 2.05) is 0 Å². The number of nitrogens with zero attached hydrogens (tertiary/aromatic N) is 3. The van der Waals surface area contributed by atoms with Crippen molar-refractivity contribution in [2.24, 2.45) is 11.3 Å². The summed E-state index contributed by atoms with van der Waals surface area (Å²) in [6.45, 7) is 3.14. The Morgan fingerprint density at radius 2 is 2.00 bits per heavy atom. The van der Waals surface area contributed by atoms with Gasteiger partial charge in [0.05, 0.1) is 12.0 Å². The summed E-state index contributed by atoms with van der Waals surface area (Å²) in [6.07, 6.45) is 4.02. The number of halogens is 2. The van der Waals surface area contributed by atoms with Crippen LogP contribution in [-0.2, 0) is 4.79 Å². The summed E-state index contributed by atoms with van der Waals surface area (Å²) >= 11 is 0. The molecule has 5 nitrogen and oxygen atoms in total.